The molecule has 1 aromatic carbocycles. The van der Waals surface area contributed by atoms with Gasteiger partial charge in [-0.1, -0.05) is 28.9 Å². The molecule has 0 saturated carbocycles. The van der Waals surface area contributed by atoms with Gasteiger partial charge in [0.15, 0.2) is 12.0 Å². The molecule has 0 unspecified atom stereocenters. The van der Waals surface area contributed by atoms with Gasteiger partial charge in [0, 0.05) is 22.2 Å². The summed E-state index contributed by atoms with van der Waals surface area (Å²) in [6.07, 6.45) is 2.34. The summed E-state index contributed by atoms with van der Waals surface area (Å²) >= 11 is 7.40. The number of carbonyl (C=O) groups excluding carboxylic acids is 1. The SMILES string of the molecule is O=Cc1nnn(-c2nccs2)c1-c1cccc(Cl)c1. The summed E-state index contributed by atoms with van der Waals surface area (Å²) in [4.78, 5) is 15.3. The van der Waals surface area contributed by atoms with E-state index < -0.39 is 0 Å². The first kappa shape index (κ1) is 12.0. The molecule has 5 nitrogen and oxygen atoms in total. The molecule has 94 valence electrons. The molecular weight excluding hydrogens is 284 g/mol. The van der Waals surface area contributed by atoms with Crippen molar-refractivity contribution in [1.82, 2.24) is 20.0 Å². The molecule has 3 aromatic rings. The number of carbonyl (C=O) groups is 1. The van der Waals surface area contributed by atoms with Crippen LogP contribution in [0, 0.1) is 0 Å². The maximum atomic E-state index is 11.1. The van der Waals surface area contributed by atoms with Gasteiger partial charge in [-0.15, -0.1) is 16.4 Å². The number of aromatic nitrogens is 4. The van der Waals surface area contributed by atoms with Gasteiger partial charge in [0.05, 0.1) is 0 Å². The van der Waals surface area contributed by atoms with Crippen molar-refractivity contribution in [3.05, 3.63) is 46.6 Å². The van der Waals surface area contributed by atoms with Crippen molar-refractivity contribution in [2.75, 3.05) is 0 Å². The fourth-order valence-corrected chi connectivity index (χ4v) is 2.52. The Bertz CT molecular complexity index is 723. The summed E-state index contributed by atoms with van der Waals surface area (Å²) in [6, 6.07) is 7.19. The third-order valence-corrected chi connectivity index (χ3v) is 3.49. The molecular formula is C12H7ClN4OS. The van der Waals surface area contributed by atoms with Crippen LogP contribution in [0.4, 0.5) is 0 Å². The highest BCUT2D eigenvalue weighted by Crippen LogP contribution is 2.27. The number of halogens is 1. The van der Waals surface area contributed by atoms with Crippen LogP contribution in [0.5, 0.6) is 0 Å². The third-order valence-electron chi connectivity index (χ3n) is 2.51. The molecule has 2 heterocycles. The smallest absolute Gasteiger partial charge is 0.212 e. The number of thiazole rings is 1. The second kappa shape index (κ2) is 4.91. The van der Waals surface area contributed by atoms with Crippen molar-refractivity contribution < 1.29 is 4.79 Å². The fourth-order valence-electron chi connectivity index (χ4n) is 1.73. The highest BCUT2D eigenvalue weighted by Gasteiger charge is 2.17. The van der Waals surface area contributed by atoms with Crippen molar-refractivity contribution in [3.8, 4) is 16.4 Å². The lowest BCUT2D eigenvalue weighted by Gasteiger charge is -2.04. The Morgan fingerprint density at radius 1 is 1.37 bits per heavy atom. The van der Waals surface area contributed by atoms with Crippen molar-refractivity contribution in [2.24, 2.45) is 0 Å². The molecule has 7 heteroatoms. The number of nitrogens with zero attached hydrogens (tertiary/aromatic N) is 4. The molecule has 0 bridgehead atoms. The molecule has 0 N–H and O–H groups in total. The minimum atomic E-state index is 0.262. The molecule has 0 fully saturated rings. The van der Waals surface area contributed by atoms with Crippen molar-refractivity contribution >= 4 is 29.2 Å². The van der Waals surface area contributed by atoms with Crippen LogP contribution in [0.25, 0.3) is 16.4 Å². The van der Waals surface area contributed by atoms with Gasteiger partial charge in [0.2, 0.25) is 5.13 Å². The predicted octanol–water partition coefficient (Wildman–Crippen LogP) is 2.86. The highest BCUT2D eigenvalue weighted by molar-refractivity contribution is 7.12. The average Bonchev–Trinajstić information content (AvgIpc) is 3.07. The first-order valence-corrected chi connectivity index (χ1v) is 6.62. The predicted molar refractivity (Wildman–Crippen MR) is 72.9 cm³/mol. The quantitative estimate of drug-likeness (QED) is 0.696. The zero-order chi connectivity index (χ0) is 13.2. The summed E-state index contributed by atoms with van der Waals surface area (Å²) in [5, 5.41) is 10.9. The van der Waals surface area contributed by atoms with E-state index in [0.29, 0.717) is 22.1 Å². The van der Waals surface area contributed by atoms with Crippen molar-refractivity contribution in [1.29, 1.82) is 0 Å². The van der Waals surface area contributed by atoms with E-state index in [9.17, 15) is 4.79 Å². The van der Waals surface area contributed by atoms with Crippen LogP contribution in [0.15, 0.2) is 35.8 Å². The van der Waals surface area contributed by atoms with Crippen LogP contribution < -0.4 is 0 Å². The minimum absolute atomic E-state index is 0.262. The van der Waals surface area contributed by atoms with E-state index in [0.717, 1.165) is 5.56 Å². The Morgan fingerprint density at radius 2 is 2.26 bits per heavy atom. The molecule has 2 aromatic heterocycles. The zero-order valence-electron chi connectivity index (χ0n) is 9.52. The summed E-state index contributed by atoms with van der Waals surface area (Å²) < 4.78 is 1.54. The van der Waals surface area contributed by atoms with Gasteiger partial charge in [-0.25, -0.2) is 4.98 Å². The summed E-state index contributed by atoms with van der Waals surface area (Å²) in [6.45, 7) is 0. The molecule has 0 atom stereocenters. The second-order valence-corrected chi connectivity index (χ2v) is 4.99. The van der Waals surface area contributed by atoms with E-state index in [1.165, 1.54) is 11.3 Å². The fraction of sp³-hybridized carbons (Fsp3) is 0. The van der Waals surface area contributed by atoms with Crippen LogP contribution in [0.1, 0.15) is 10.5 Å². The van der Waals surface area contributed by atoms with E-state index in [1.807, 2.05) is 17.5 Å². The first-order valence-electron chi connectivity index (χ1n) is 5.36. The van der Waals surface area contributed by atoms with Gasteiger partial charge in [-0.3, -0.25) is 4.79 Å². The number of rotatable bonds is 3. The molecule has 19 heavy (non-hydrogen) atoms. The van der Waals surface area contributed by atoms with Gasteiger partial charge in [-0.05, 0) is 12.1 Å². The highest BCUT2D eigenvalue weighted by atomic mass is 35.5. The van der Waals surface area contributed by atoms with E-state index in [4.69, 9.17) is 11.6 Å². The number of aldehydes is 1. The van der Waals surface area contributed by atoms with Crippen molar-refractivity contribution in [2.45, 2.75) is 0 Å². The van der Waals surface area contributed by atoms with Crippen LogP contribution in [-0.2, 0) is 0 Å². The second-order valence-electron chi connectivity index (χ2n) is 3.68. The number of hydrogen-bond acceptors (Lipinski definition) is 5. The lowest BCUT2D eigenvalue weighted by molar-refractivity contribution is 0.111. The summed E-state index contributed by atoms with van der Waals surface area (Å²) in [5.74, 6) is 0. The molecule has 0 spiro atoms. The Balaban J connectivity index is 2.24. The van der Waals surface area contributed by atoms with E-state index >= 15 is 0 Å². The van der Waals surface area contributed by atoms with Gasteiger partial charge in [-0.2, -0.15) is 4.68 Å². The molecule has 0 amide bonds. The Kier molecular flexibility index (Phi) is 3.10. The van der Waals surface area contributed by atoms with Crippen molar-refractivity contribution in [3.63, 3.8) is 0 Å². The zero-order valence-corrected chi connectivity index (χ0v) is 11.1. The molecule has 0 aliphatic rings. The molecule has 0 radical (unpaired) electrons. The molecule has 3 rings (SSSR count). The van der Waals surface area contributed by atoms with Gasteiger partial charge >= 0.3 is 0 Å². The van der Waals surface area contributed by atoms with E-state index in [-0.39, 0.29) is 5.69 Å². The summed E-state index contributed by atoms with van der Waals surface area (Å²) in [7, 11) is 0. The van der Waals surface area contributed by atoms with Crippen LogP contribution in [0.3, 0.4) is 0 Å². The Labute approximate surface area is 117 Å². The third kappa shape index (κ3) is 2.16. The van der Waals surface area contributed by atoms with E-state index in [2.05, 4.69) is 15.3 Å². The minimum Gasteiger partial charge on any atom is -0.296 e. The van der Waals surface area contributed by atoms with Gasteiger partial charge < -0.3 is 0 Å². The molecule has 0 aliphatic heterocycles. The lowest BCUT2D eigenvalue weighted by atomic mass is 10.1. The number of hydrogen-bond donors (Lipinski definition) is 0. The Morgan fingerprint density at radius 3 is 2.95 bits per heavy atom. The number of benzene rings is 1. The van der Waals surface area contributed by atoms with Gasteiger partial charge in [0.1, 0.15) is 5.69 Å². The van der Waals surface area contributed by atoms with Crippen LogP contribution in [0.2, 0.25) is 5.02 Å². The normalized spacial score (nSPS) is 10.6. The standard InChI is InChI=1S/C12H7ClN4OS/c13-9-3-1-2-8(6-9)11-10(7-18)15-16-17(11)12-14-4-5-19-12/h1-7H. The largest absolute Gasteiger partial charge is 0.296 e. The topological polar surface area (TPSA) is 60.7 Å². The first-order chi connectivity index (χ1) is 9.29. The maximum absolute atomic E-state index is 11.1. The van der Waals surface area contributed by atoms with Crippen LogP contribution >= 0.6 is 22.9 Å². The Hall–Kier alpha value is -2.05. The van der Waals surface area contributed by atoms with Crippen LogP contribution in [-0.4, -0.2) is 26.3 Å². The molecule has 0 aliphatic carbocycles. The molecule has 0 saturated heterocycles. The summed E-state index contributed by atoms with van der Waals surface area (Å²) in [5.41, 5.74) is 1.62. The van der Waals surface area contributed by atoms with E-state index in [1.54, 1.807) is 23.0 Å². The lowest BCUT2D eigenvalue weighted by Crippen LogP contribution is -1.99. The average molecular weight is 291 g/mol. The maximum Gasteiger partial charge on any atom is 0.212 e. The van der Waals surface area contributed by atoms with Gasteiger partial charge in [0.25, 0.3) is 0 Å². The monoisotopic (exact) mass is 290 g/mol.